The molecule has 1 heterocycles. The van der Waals surface area contributed by atoms with Gasteiger partial charge in [-0.25, -0.2) is 0 Å². The molecule has 0 spiro atoms. The Bertz CT molecular complexity index is 1110. The van der Waals surface area contributed by atoms with E-state index in [4.69, 9.17) is 0 Å². The summed E-state index contributed by atoms with van der Waals surface area (Å²) in [4.78, 5) is 26.6. The van der Waals surface area contributed by atoms with Gasteiger partial charge >= 0.3 is 5.97 Å². The molecule has 0 bridgehead atoms. The number of aryl methyl sites for hydroxylation is 2. The van der Waals surface area contributed by atoms with E-state index in [2.05, 4.69) is 48.6 Å². The number of carbonyl (C=O) groups is 2. The van der Waals surface area contributed by atoms with Crippen LogP contribution in [0, 0.1) is 19.8 Å². The Morgan fingerprint density at radius 3 is 2.31 bits per heavy atom. The largest absolute Gasteiger partial charge is 0.481 e. The van der Waals surface area contributed by atoms with Crippen LogP contribution < -0.4 is 5.32 Å². The summed E-state index contributed by atoms with van der Waals surface area (Å²) in [6.45, 7) is 4.10. The highest BCUT2D eigenvalue weighted by atomic mass is 32.1. The van der Waals surface area contributed by atoms with Crippen LogP contribution in [0.5, 0.6) is 0 Å². The van der Waals surface area contributed by atoms with Crippen molar-refractivity contribution in [3.05, 3.63) is 81.0 Å². The fourth-order valence-electron chi connectivity index (χ4n) is 4.68. The van der Waals surface area contributed by atoms with Gasteiger partial charge in [0.05, 0.1) is 11.5 Å². The number of carbonyl (C=O) groups excluding carboxylic acids is 1. The molecular formula is C27H29NO3S. The van der Waals surface area contributed by atoms with Gasteiger partial charge in [-0.1, -0.05) is 54.6 Å². The van der Waals surface area contributed by atoms with Gasteiger partial charge in [-0.05, 0) is 68.2 Å². The maximum absolute atomic E-state index is 13.2. The molecule has 166 valence electrons. The lowest BCUT2D eigenvalue weighted by Crippen LogP contribution is -2.39. The Kier molecular flexibility index (Phi) is 6.75. The minimum absolute atomic E-state index is 0.0279. The summed E-state index contributed by atoms with van der Waals surface area (Å²) in [7, 11) is 0. The number of hydrogen-bond acceptors (Lipinski definition) is 3. The molecule has 1 amide bonds. The van der Waals surface area contributed by atoms with Gasteiger partial charge in [0.25, 0.3) is 5.91 Å². The van der Waals surface area contributed by atoms with Gasteiger partial charge in [-0.3, -0.25) is 9.59 Å². The van der Waals surface area contributed by atoms with E-state index in [1.807, 2.05) is 25.1 Å². The fourth-order valence-corrected chi connectivity index (χ4v) is 5.75. The summed E-state index contributed by atoms with van der Waals surface area (Å²) in [6.07, 6.45) is 3.41. The topological polar surface area (TPSA) is 66.4 Å². The number of hydrogen-bond donors (Lipinski definition) is 2. The number of benzene rings is 2. The maximum Gasteiger partial charge on any atom is 0.306 e. The lowest BCUT2D eigenvalue weighted by molar-refractivity contribution is -0.142. The Morgan fingerprint density at radius 1 is 0.938 bits per heavy atom. The molecule has 4 nitrogen and oxygen atoms in total. The molecule has 1 aliphatic carbocycles. The van der Waals surface area contributed by atoms with Gasteiger partial charge in [0.15, 0.2) is 0 Å². The molecule has 0 saturated heterocycles. The van der Waals surface area contributed by atoms with Gasteiger partial charge in [-0.15, -0.1) is 11.3 Å². The van der Waals surface area contributed by atoms with Crippen LogP contribution in [0.2, 0.25) is 0 Å². The molecule has 0 radical (unpaired) electrons. The standard InChI is InChI=1S/C27H29NO3S/c1-17-24(16-19-7-6-10-22(15-19)20-8-4-3-5-9-20)25(18(2)32-17)26(29)28-23-13-11-21(12-14-23)27(30)31/h3-10,15,21,23H,11-14,16H2,1-2H3,(H,28,29)(H,30,31). The molecule has 1 fully saturated rings. The summed E-state index contributed by atoms with van der Waals surface area (Å²) in [6, 6.07) is 18.9. The van der Waals surface area contributed by atoms with E-state index >= 15 is 0 Å². The third-order valence-corrected chi connectivity index (χ3v) is 7.50. The molecule has 2 N–H and O–H groups in total. The molecule has 4 rings (SSSR count). The normalized spacial score (nSPS) is 18.3. The molecule has 0 atom stereocenters. The van der Waals surface area contributed by atoms with Crippen LogP contribution in [0.25, 0.3) is 11.1 Å². The molecule has 0 unspecified atom stereocenters. The molecule has 1 saturated carbocycles. The molecular weight excluding hydrogens is 418 g/mol. The zero-order valence-corrected chi connectivity index (χ0v) is 19.4. The van der Waals surface area contributed by atoms with Crippen LogP contribution in [0.1, 0.15) is 56.9 Å². The lowest BCUT2D eigenvalue weighted by Gasteiger charge is -2.27. The first-order valence-corrected chi connectivity index (χ1v) is 12.0. The van der Waals surface area contributed by atoms with Crippen molar-refractivity contribution in [2.24, 2.45) is 5.92 Å². The number of amides is 1. The van der Waals surface area contributed by atoms with E-state index in [1.54, 1.807) is 11.3 Å². The van der Waals surface area contributed by atoms with Crippen LogP contribution in [0.3, 0.4) is 0 Å². The summed E-state index contributed by atoms with van der Waals surface area (Å²) in [5, 5.41) is 12.4. The Morgan fingerprint density at radius 2 is 1.62 bits per heavy atom. The number of carboxylic acids is 1. The number of aliphatic carboxylic acids is 1. The van der Waals surface area contributed by atoms with E-state index in [0.29, 0.717) is 19.3 Å². The second-order valence-corrected chi connectivity index (χ2v) is 10.1. The van der Waals surface area contributed by atoms with Crippen LogP contribution in [-0.4, -0.2) is 23.0 Å². The Balaban J connectivity index is 1.52. The quantitative estimate of drug-likeness (QED) is 0.487. The average molecular weight is 448 g/mol. The Hall–Kier alpha value is -2.92. The number of rotatable bonds is 6. The highest BCUT2D eigenvalue weighted by molar-refractivity contribution is 7.12. The lowest BCUT2D eigenvalue weighted by atomic mass is 9.86. The van der Waals surface area contributed by atoms with Crippen molar-refractivity contribution in [2.45, 2.75) is 52.0 Å². The van der Waals surface area contributed by atoms with Crippen molar-refractivity contribution in [2.75, 3.05) is 0 Å². The second kappa shape index (κ2) is 9.70. The third kappa shape index (κ3) is 4.94. The minimum atomic E-state index is -0.723. The predicted molar refractivity (Wildman–Crippen MR) is 129 cm³/mol. The fraction of sp³-hybridized carbons (Fsp3) is 0.333. The minimum Gasteiger partial charge on any atom is -0.481 e. The first-order chi connectivity index (χ1) is 15.4. The summed E-state index contributed by atoms with van der Waals surface area (Å²) in [5.74, 6) is -1.03. The van der Waals surface area contributed by atoms with Gasteiger partial charge in [0.2, 0.25) is 0 Å². The molecule has 3 aromatic rings. The summed E-state index contributed by atoms with van der Waals surface area (Å²) in [5.41, 5.74) is 5.42. The van der Waals surface area contributed by atoms with E-state index in [9.17, 15) is 14.7 Å². The highest BCUT2D eigenvalue weighted by Crippen LogP contribution is 2.31. The molecule has 0 aliphatic heterocycles. The van der Waals surface area contributed by atoms with Gasteiger partial charge in [0.1, 0.15) is 0 Å². The highest BCUT2D eigenvalue weighted by Gasteiger charge is 2.28. The molecule has 32 heavy (non-hydrogen) atoms. The number of thiophene rings is 1. The van der Waals surface area contributed by atoms with Gasteiger partial charge in [0, 0.05) is 15.8 Å². The predicted octanol–water partition coefficient (Wildman–Crippen LogP) is 6.00. The molecule has 2 aromatic carbocycles. The first-order valence-electron chi connectivity index (χ1n) is 11.2. The smallest absolute Gasteiger partial charge is 0.306 e. The molecule has 5 heteroatoms. The number of nitrogens with one attached hydrogen (secondary N) is 1. The van der Waals surface area contributed by atoms with Crippen LogP contribution in [-0.2, 0) is 11.2 Å². The first kappa shape index (κ1) is 22.3. The SMILES string of the molecule is Cc1sc(C)c(C(=O)NC2CCC(C(=O)O)CC2)c1Cc1cccc(-c2ccccc2)c1. The molecule has 1 aromatic heterocycles. The average Bonchev–Trinajstić information content (AvgIpc) is 3.07. The van der Waals surface area contributed by atoms with Crippen LogP contribution in [0.4, 0.5) is 0 Å². The van der Waals surface area contributed by atoms with Crippen molar-refractivity contribution in [1.29, 1.82) is 0 Å². The summed E-state index contributed by atoms with van der Waals surface area (Å²) >= 11 is 1.67. The van der Waals surface area contributed by atoms with Crippen molar-refractivity contribution < 1.29 is 14.7 Å². The van der Waals surface area contributed by atoms with Crippen molar-refractivity contribution in [3.63, 3.8) is 0 Å². The third-order valence-electron chi connectivity index (χ3n) is 6.44. The van der Waals surface area contributed by atoms with Crippen molar-refractivity contribution in [3.8, 4) is 11.1 Å². The monoisotopic (exact) mass is 447 g/mol. The van der Waals surface area contributed by atoms with Crippen molar-refractivity contribution >= 4 is 23.2 Å². The van der Waals surface area contributed by atoms with Crippen molar-refractivity contribution in [1.82, 2.24) is 5.32 Å². The zero-order valence-electron chi connectivity index (χ0n) is 18.6. The Labute approximate surface area is 193 Å². The van der Waals surface area contributed by atoms with Gasteiger partial charge < -0.3 is 10.4 Å². The zero-order chi connectivity index (χ0) is 22.7. The number of carboxylic acid groups (broad SMARTS) is 1. The second-order valence-electron chi connectivity index (χ2n) is 8.67. The van der Waals surface area contributed by atoms with Crippen LogP contribution in [0.15, 0.2) is 54.6 Å². The maximum atomic E-state index is 13.2. The molecule has 1 aliphatic rings. The summed E-state index contributed by atoms with van der Waals surface area (Å²) < 4.78 is 0. The van der Waals surface area contributed by atoms with E-state index < -0.39 is 5.97 Å². The van der Waals surface area contributed by atoms with E-state index in [1.165, 1.54) is 21.6 Å². The van der Waals surface area contributed by atoms with E-state index in [-0.39, 0.29) is 17.9 Å². The van der Waals surface area contributed by atoms with Gasteiger partial charge in [-0.2, -0.15) is 0 Å². The van der Waals surface area contributed by atoms with E-state index in [0.717, 1.165) is 28.8 Å². The van der Waals surface area contributed by atoms with Crippen LogP contribution >= 0.6 is 11.3 Å².